The summed E-state index contributed by atoms with van der Waals surface area (Å²) >= 11 is 3.00. The van der Waals surface area contributed by atoms with E-state index in [-0.39, 0.29) is 0 Å². The van der Waals surface area contributed by atoms with Crippen molar-refractivity contribution in [3.05, 3.63) is 23.7 Å². The van der Waals surface area contributed by atoms with Gasteiger partial charge in [0.25, 0.3) is 0 Å². The Morgan fingerprint density at radius 1 is 1.40 bits per heavy atom. The fourth-order valence-electron chi connectivity index (χ4n) is 0.649. The maximum Gasteiger partial charge on any atom is 0.0853 e. The Kier molecular flexibility index (Phi) is 1.49. The highest BCUT2D eigenvalue weighted by molar-refractivity contribution is 7.18. The minimum Gasteiger partial charge on any atom is -0.146 e. The Morgan fingerprint density at radius 2 is 2.40 bits per heavy atom. The van der Waals surface area contributed by atoms with Crippen molar-refractivity contribution >= 4 is 22.9 Å². The maximum absolute atomic E-state index is 3.76. The minimum atomic E-state index is 1.12. The van der Waals surface area contributed by atoms with Gasteiger partial charge in [0.1, 0.15) is 0 Å². The van der Waals surface area contributed by atoms with Crippen molar-refractivity contribution in [3.63, 3.8) is 0 Å². The van der Waals surface area contributed by atoms with Gasteiger partial charge in [-0.2, -0.15) is 0 Å². The van der Waals surface area contributed by atoms with Crippen LogP contribution in [0.5, 0.6) is 0 Å². The Bertz CT molecular complexity index is 253. The third-order valence-corrected chi connectivity index (χ3v) is 2.73. The molecule has 0 saturated heterocycles. The van der Waals surface area contributed by atoms with E-state index in [9.17, 15) is 0 Å². The highest BCUT2D eigenvalue weighted by Gasteiger charge is 1.99. The Balaban J connectivity index is 2.48. The molecule has 10 heavy (non-hydrogen) atoms. The summed E-state index contributed by atoms with van der Waals surface area (Å²) in [6.45, 7) is 0. The predicted molar refractivity (Wildman–Crippen MR) is 42.1 cm³/mol. The second kappa shape index (κ2) is 2.48. The van der Waals surface area contributed by atoms with Crippen LogP contribution in [0, 0.1) is 5.38 Å². The van der Waals surface area contributed by atoms with Gasteiger partial charge in [-0.25, -0.2) is 0 Å². The number of thiophene rings is 1. The molecule has 0 aliphatic carbocycles. The van der Waals surface area contributed by atoms with Gasteiger partial charge >= 0.3 is 0 Å². The zero-order chi connectivity index (χ0) is 6.81. The first-order valence-corrected chi connectivity index (χ1v) is 4.29. The van der Waals surface area contributed by atoms with E-state index in [0.717, 1.165) is 4.88 Å². The van der Waals surface area contributed by atoms with Crippen LogP contribution < -0.4 is 0 Å². The molecule has 2 aromatic heterocycles. The van der Waals surface area contributed by atoms with Crippen LogP contribution in [-0.4, -0.2) is 9.59 Å². The quantitative estimate of drug-likeness (QED) is 0.649. The van der Waals surface area contributed by atoms with Gasteiger partial charge in [-0.05, 0) is 23.7 Å². The van der Waals surface area contributed by atoms with Gasteiger partial charge in [0.2, 0.25) is 0 Å². The average molecular weight is 167 g/mol. The van der Waals surface area contributed by atoms with Gasteiger partial charge in [0.05, 0.1) is 11.1 Å². The van der Waals surface area contributed by atoms with E-state index in [1.54, 1.807) is 17.5 Å². The lowest BCUT2D eigenvalue weighted by atomic mass is 10.4. The summed E-state index contributed by atoms with van der Waals surface area (Å²) in [5, 5.41) is 6.75. The maximum atomic E-state index is 3.76. The summed E-state index contributed by atoms with van der Waals surface area (Å²) in [5.41, 5.74) is 0. The smallest absolute Gasteiger partial charge is 0.0853 e. The fourth-order valence-corrected chi connectivity index (χ4v) is 1.87. The molecular formula is C6H3N2S2. The van der Waals surface area contributed by atoms with Gasteiger partial charge in [0, 0.05) is 10.3 Å². The van der Waals surface area contributed by atoms with Crippen LogP contribution >= 0.6 is 22.9 Å². The molecule has 2 heterocycles. The molecule has 0 saturated carbocycles. The first-order chi connectivity index (χ1) is 4.97. The van der Waals surface area contributed by atoms with Crippen molar-refractivity contribution in [2.45, 2.75) is 0 Å². The minimum absolute atomic E-state index is 1.12. The summed E-state index contributed by atoms with van der Waals surface area (Å²) in [6, 6.07) is 3.92. The Labute approximate surface area is 66.3 Å². The van der Waals surface area contributed by atoms with Crippen LogP contribution in [0.3, 0.4) is 0 Å². The SMILES string of the molecule is [c]1ccc(-c2cnns2)s1. The molecule has 4 heteroatoms. The second-order valence-corrected chi connectivity index (χ2v) is 3.36. The Hall–Kier alpha value is -0.740. The zero-order valence-corrected chi connectivity index (χ0v) is 6.58. The fraction of sp³-hybridized carbons (Fsp3) is 0. The predicted octanol–water partition coefficient (Wildman–Crippen LogP) is 2.07. The lowest BCUT2D eigenvalue weighted by Crippen LogP contribution is -1.57. The van der Waals surface area contributed by atoms with Crippen molar-refractivity contribution in [2.75, 3.05) is 0 Å². The summed E-state index contributed by atoms with van der Waals surface area (Å²) in [7, 11) is 0. The lowest BCUT2D eigenvalue weighted by Gasteiger charge is -1.81. The molecule has 0 aliphatic rings. The van der Waals surface area contributed by atoms with Gasteiger partial charge in [-0.3, -0.25) is 0 Å². The molecule has 2 rings (SSSR count). The average Bonchev–Trinajstić information content (AvgIpc) is 2.59. The molecule has 0 bridgehead atoms. The first kappa shape index (κ1) is 6.00. The standard InChI is InChI=1S/C6H3N2S2/c1-2-5(9-3-1)6-4-7-8-10-6/h1-2,4H. The molecule has 2 nitrogen and oxygen atoms in total. The summed E-state index contributed by atoms with van der Waals surface area (Å²) in [4.78, 5) is 2.31. The van der Waals surface area contributed by atoms with Crippen LogP contribution in [-0.2, 0) is 0 Å². The highest BCUT2D eigenvalue weighted by atomic mass is 32.1. The molecule has 0 fully saturated rings. The third kappa shape index (κ3) is 0.955. The first-order valence-electron chi connectivity index (χ1n) is 2.70. The van der Waals surface area contributed by atoms with E-state index in [2.05, 4.69) is 15.0 Å². The van der Waals surface area contributed by atoms with E-state index in [1.807, 2.05) is 12.1 Å². The number of hydrogen-bond acceptors (Lipinski definition) is 4. The van der Waals surface area contributed by atoms with Crippen molar-refractivity contribution < 1.29 is 0 Å². The van der Waals surface area contributed by atoms with Crippen molar-refractivity contribution in [2.24, 2.45) is 0 Å². The highest BCUT2D eigenvalue weighted by Crippen LogP contribution is 2.25. The van der Waals surface area contributed by atoms with Crippen molar-refractivity contribution in [1.29, 1.82) is 0 Å². The number of hydrogen-bond donors (Lipinski definition) is 0. The van der Waals surface area contributed by atoms with Crippen LogP contribution in [0.25, 0.3) is 9.75 Å². The largest absolute Gasteiger partial charge is 0.146 e. The van der Waals surface area contributed by atoms with Gasteiger partial charge < -0.3 is 0 Å². The van der Waals surface area contributed by atoms with E-state index in [1.165, 1.54) is 16.4 Å². The van der Waals surface area contributed by atoms with E-state index >= 15 is 0 Å². The second-order valence-electron chi connectivity index (χ2n) is 1.70. The Morgan fingerprint density at radius 3 is 3.00 bits per heavy atom. The van der Waals surface area contributed by atoms with E-state index in [0.29, 0.717) is 0 Å². The zero-order valence-electron chi connectivity index (χ0n) is 4.94. The van der Waals surface area contributed by atoms with Gasteiger partial charge in [-0.1, -0.05) is 4.49 Å². The van der Waals surface area contributed by atoms with Gasteiger partial charge in [-0.15, -0.1) is 16.4 Å². The van der Waals surface area contributed by atoms with Crippen LogP contribution in [0.4, 0.5) is 0 Å². The normalized spacial score (nSPS) is 10.0. The lowest BCUT2D eigenvalue weighted by molar-refractivity contribution is 1.16. The molecular weight excluding hydrogens is 164 g/mol. The van der Waals surface area contributed by atoms with E-state index in [4.69, 9.17) is 0 Å². The summed E-state index contributed by atoms with van der Waals surface area (Å²) in [6.07, 6.45) is 1.77. The van der Waals surface area contributed by atoms with Crippen LogP contribution in [0.15, 0.2) is 18.3 Å². The topological polar surface area (TPSA) is 25.8 Å². The molecule has 49 valence electrons. The van der Waals surface area contributed by atoms with Gasteiger partial charge in [0.15, 0.2) is 0 Å². The molecule has 2 aromatic rings. The molecule has 0 N–H and O–H groups in total. The molecule has 0 aromatic carbocycles. The van der Waals surface area contributed by atoms with Crippen molar-refractivity contribution in [1.82, 2.24) is 9.59 Å². The van der Waals surface area contributed by atoms with E-state index < -0.39 is 0 Å². The summed E-state index contributed by atoms with van der Waals surface area (Å²) in [5.74, 6) is 0. The number of rotatable bonds is 1. The molecule has 1 radical (unpaired) electrons. The third-order valence-electron chi connectivity index (χ3n) is 1.08. The van der Waals surface area contributed by atoms with Crippen LogP contribution in [0.2, 0.25) is 0 Å². The molecule has 0 unspecified atom stereocenters. The molecule has 0 amide bonds. The monoisotopic (exact) mass is 167 g/mol. The van der Waals surface area contributed by atoms with Crippen LogP contribution in [0.1, 0.15) is 0 Å². The number of aromatic nitrogens is 2. The molecule has 0 aliphatic heterocycles. The molecule has 0 spiro atoms. The summed E-state index contributed by atoms with van der Waals surface area (Å²) < 4.78 is 3.76. The molecule has 0 atom stereocenters. The van der Waals surface area contributed by atoms with Crippen molar-refractivity contribution in [3.8, 4) is 9.75 Å². The number of nitrogens with zero attached hydrogens (tertiary/aromatic N) is 2.